The number of rotatable bonds is 3. The lowest BCUT2D eigenvalue weighted by Crippen LogP contribution is -2.31. The molecule has 7 heteroatoms. The summed E-state index contributed by atoms with van der Waals surface area (Å²) in [5.41, 5.74) is 1.67. The molecule has 1 saturated heterocycles. The van der Waals surface area contributed by atoms with Crippen LogP contribution in [0.5, 0.6) is 0 Å². The maximum absolute atomic E-state index is 11.8. The van der Waals surface area contributed by atoms with Gasteiger partial charge in [0.1, 0.15) is 5.56 Å². The maximum Gasteiger partial charge on any atom is 0.274 e. The Kier molecular flexibility index (Phi) is 3.48. The summed E-state index contributed by atoms with van der Waals surface area (Å²) in [5, 5.41) is 13.8. The molecule has 7 nitrogen and oxygen atoms in total. The highest BCUT2D eigenvalue weighted by Gasteiger charge is 2.34. The first kappa shape index (κ1) is 14.7. The van der Waals surface area contributed by atoms with Gasteiger partial charge in [-0.05, 0) is 18.9 Å². The second-order valence-corrected chi connectivity index (χ2v) is 6.28. The highest BCUT2D eigenvalue weighted by atomic mass is 16.1. The molecule has 1 fully saturated rings. The van der Waals surface area contributed by atoms with Gasteiger partial charge < -0.3 is 10.00 Å². The number of nitrogens with one attached hydrogen (secondary N) is 2. The Bertz CT molecular complexity index is 893. The van der Waals surface area contributed by atoms with Gasteiger partial charge >= 0.3 is 0 Å². The van der Waals surface area contributed by atoms with Gasteiger partial charge in [-0.2, -0.15) is 0 Å². The Hall–Kier alpha value is -2.83. The number of anilines is 1. The van der Waals surface area contributed by atoms with Gasteiger partial charge in [-0.25, -0.2) is 0 Å². The number of hydrogen-bond acceptors (Lipinski definition) is 4. The maximum atomic E-state index is 11.8. The second kappa shape index (κ2) is 5.67. The van der Waals surface area contributed by atoms with Crippen LogP contribution in [0.15, 0.2) is 41.3 Å². The molecule has 0 spiro atoms. The van der Waals surface area contributed by atoms with Crippen molar-refractivity contribution >= 4 is 5.95 Å². The minimum absolute atomic E-state index is 0.186. The van der Waals surface area contributed by atoms with E-state index in [-0.39, 0.29) is 5.56 Å². The van der Waals surface area contributed by atoms with Gasteiger partial charge in [-0.1, -0.05) is 30.3 Å². The smallest absolute Gasteiger partial charge is 0.274 e. The summed E-state index contributed by atoms with van der Waals surface area (Å²) in [6, 6.07) is 10.9. The van der Waals surface area contributed by atoms with Gasteiger partial charge in [-0.3, -0.25) is 14.5 Å². The summed E-state index contributed by atoms with van der Waals surface area (Å²) in [6.07, 6.45) is 2.70. The zero-order valence-corrected chi connectivity index (χ0v) is 13.7. The van der Waals surface area contributed by atoms with Crippen LogP contribution >= 0.6 is 0 Å². The minimum atomic E-state index is -0.186. The van der Waals surface area contributed by atoms with E-state index in [1.807, 2.05) is 17.7 Å². The molecule has 1 aliphatic rings. The van der Waals surface area contributed by atoms with Crippen LogP contribution < -0.4 is 10.5 Å². The molecule has 4 rings (SSSR count). The van der Waals surface area contributed by atoms with Crippen LogP contribution in [0.4, 0.5) is 5.95 Å². The molecule has 0 radical (unpaired) electrons. The predicted octanol–water partition coefficient (Wildman–Crippen LogP) is 1.88. The van der Waals surface area contributed by atoms with Crippen molar-refractivity contribution in [3.8, 4) is 11.4 Å². The van der Waals surface area contributed by atoms with E-state index in [0.29, 0.717) is 23.3 Å². The fourth-order valence-electron chi connectivity index (χ4n) is 3.65. The first-order valence-corrected chi connectivity index (χ1v) is 8.14. The lowest BCUT2D eigenvalue weighted by molar-refractivity contribution is 0.622. The Morgan fingerprint density at radius 2 is 2.00 bits per heavy atom. The molecule has 1 aliphatic heterocycles. The highest BCUT2D eigenvalue weighted by Crippen LogP contribution is 2.36. The fourth-order valence-corrected chi connectivity index (χ4v) is 3.65. The van der Waals surface area contributed by atoms with Crippen LogP contribution in [-0.2, 0) is 7.05 Å². The van der Waals surface area contributed by atoms with Crippen molar-refractivity contribution in [2.24, 2.45) is 7.05 Å². The number of hydrogen-bond donors (Lipinski definition) is 2. The highest BCUT2D eigenvalue weighted by molar-refractivity contribution is 5.55. The lowest BCUT2D eigenvalue weighted by atomic mass is 9.93. The summed E-state index contributed by atoms with van der Waals surface area (Å²) in [4.78, 5) is 14.1. The van der Waals surface area contributed by atoms with Gasteiger partial charge in [0, 0.05) is 31.7 Å². The van der Waals surface area contributed by atoms with Crippen molar-refractivity contribution < 1.29 is 0 Å². The fraction of sp³-hybridized carbons (Fsp3) is 0.353. The standard InChI is InChI=1S/C17H20N6O/c1-11-13(12-6-4-3-5-7-12)8-9-23(11)17-21-19-15(22(17)2)14-10-18-20-16(14)24/h3-7,10-11,13H,8-9H2,1-2H3,(H2,18,20,24). The first-order valence-electron chi connectivity index (χ1n) is 8.14. The largest absolute Gasteiger partial charge is 0.338 e. The lowest BCUT2D eigenvalue weighted by Gasteiger charge is -2.25. The molecule has 2 aromatic heterocycles. The molecule has 1 aromatic carbocycles. The van der Waals surface area contributed by atoms with E-state index in [0.717, 1.165) is 18.9 Å². The predicted molar refractivity (Wildman–Crippen MR) is 92.0 cm³/mol. The third-order valence-electron chi connectivity index (χ3n) is 4.98. The van der Waals surface area contributed by atoms with Crippen molar-refractivity contribution in [3.05, 3.63) is 52.4 Å². The van der Waals surface area contributed by atoms with E-state index >= 15 is 0 Å². The monoisotopic (exact) mass is 324 g/mol. The summed E-state index contributed by atoms with van der Waals surface area (Å²) in [7, 11) is 1.90. The summed E-state index contributed by atoms with van der Waals surface area (Å²) in [5.74, 6) is 1.85. The van der Waals surface area contributed by atoms with E-state index < -0.39 is 0 Å². The van der Waals surface area contributed by atoms with Crippen molar-refractivity contribution in [2.45, 2.75) is 25.3 Å². The van der Waals surface area contributed by atoms with Crippen molar-refractivity contribution in [2.75, 3.05) is 11.4 Å². The molecule has 3 aromatic rings. The number of nitrogens with zero attached hydrogens (tertiary/aromatic N) is 4. The summed E-state index contributed by atoms with van der Waals surface area (Å²) >= 11 is 0. The normalized spacial score (nSPS) is 20.7. The molecule has 0 aliphatic carbocycles. The quantitative estimate of drug-likeness (QED) is 0.770. The van der Waals surface area contributed by atoms with Crippen LogP contribution in [0.3, 0.4) is 0 Å². The van der Waals surface area contributed by atoms with Gasteiger partial charge in [0.2, 0.25) is 5.95 Å². The summed E-state index contributed by atoms with van der Waals surface area (Å²) < 4.78 is 1.89. The van der Waals surface area contributed by atoms with Gasteiger partial charge in [0.15, 0.2) is 5.82 Å². The average Bonchev–Trinajstić information content (AvgIpc) is 3.27. The third-order valence-corrected chi connectivity index (χ3v) is 4.98. The number of aromatic amines is 2. The van der Waals surface area contributed by atoms with Gasteiger partial charge in [0.25, 0.3) is 5.56 Å². The van der Waals surface area contributed by atoms with Crippen LogP contribution in [0.1, 0.15) is 24.8 Å². The molecule has 0 bridgehead atoms. The SMILES string of the molecule is CC1C(c2ccccc2)CCN1c1nnc(-c2c[nH][nH]c2=O)n1C. The number of H-pyrrole nitrogens is 2. The van der Waals surface area contributed by atoms with Crippen LogP contribution in [0, 0.1) is 0 Å². The van der Waals surface area contributed by atoms with Gasteiger partial charge in [0.05, 0.1) is 0 Å². The molecule has 124 valence electrons. The molecule has 2 N–H and O–H groups in total. The van der Waals surface area contributed by atoms with E-state index in [1.165, 1.54) is 5.56 Å². The van der Waals surface area contributed by atoms with E-state index in [4.69, 9.17) is 0 Å². The van der Waals surface area contributed by atoms with Gasteiger partial charge in [-0.15, -0.1) is 10.2 Å². The van der Waals surface area contributed by atoms with Crippen LogP contribution in [-0.4, -0.2) is 37.5 Å². The van der Waals surface area contributed by atoms with E-state index in [1.54, 1.807) is 6.20 Å². The molecule has 0 saturated carbocycles. The third kappa shape index (κ3) is 2.24. The Morgan fingerprint density at radius 1 is 1.21 bits per heavy atom. The summed E-state index contributed by atoms with van der Waals surface area (Å²) in [6.45, 7) is 3.15. The van der Waals surface area contributed by atoms with Crippen LogP contribution in [0.2, 0.25) is 0 Å². The van der Waals surface area contributed by atoms with Crippen molar-refractivity contribution in [1.29, 1.82) is 0 Å². The second-order valence-electron chi connectivity index (χ2n) is 6.28. The molecule has 2 unspecified atom stereocenters. The topological polar surface area (TPSA) is 82.6 Å². The van der Waals surface area contributed by atoms with Crippen LogP contribution in [0.25, 0.3) is 11.4 Å². The van der Waals surface area contributed by atoms with E-state index in [2.05, 4.69) is 56.5 Å². The zero-order chi connectivity index (χ0) is 16.7. The Morgan fingerprint density at radius 3 is 2.71 bits per heavy atom. The molecular weight excluding hydrogens is 304 g/mol. The molecule has 24 heavy (non-hydrogen) atoms. The molecule has 3 heterocycles. The first-order chi connectivity index (χ1) is 11.7. The molecule has 0 amide bonds. The van der Waals surface area contributed by atoms with Crippen molar-refractivity contribution in [1.82, 2.24) is 25.0 Å². The molecule has 2 atom stereocenters. The minimum Gasteiger partial charge on any atom is -0.338 e. The average molecular weight is 324 g/mol. The van der Waals surface area contributed by atoms with Crippen molar-refractivity contribution in [3.63, 3.8) is 0 Å². The number of aromatic nitrogens is 5. The van der Waals surface area contributed by atoms with E-state index in [9.17, 15) is 4.79 Å². The molecular formula is C17H20N6O. The Balaban J connectivity index is 1.65. The Labute approximate surface area is 139 Å². The number of benzene rings is 1. The zero-order valence-electron chi connectivity index (χ0n) is 13.7.